The number of hydrogen-bond acceptors (Lipinski definition) is 7. The molecule has 0 amide bonds. The largest absolute Gasteiger partial charge is 0.481 e. The van der Waals surface area contributed by atoms with Crippen molar-refractivity contribution in [3.63, 3.8) is 0 Å². The highest BCUT2D eigenvalue weighted by molar-refractivity contribution is 5.42. The third kappa shape index (κ3) is 3.91. The van der Waals surface area contributed by atoms with E-state index >= 15 is 0 Å². The van der Waals surface area contributed by atoms with Crippen molar-refractivity contribution in [1.82, 2.24) is 14.9 Å². The summed E-state index contributed by atoms with van der Waals surface area (Å²) in [6.45, 7) is 6.80. The number of morpholine rings is 1. The fourth-order valence-corrected chi connectivity index (χ4v) is 5.36. The van der Waals surface area contributed by atoms with E-state index < -0.39 is 0 Å². The maximum atomic E-state index is 5.73. The summed E-state index contributed by atoms with van der Waals surface area (Å²) in [5, 5.41) is 0. The van der Waals surface area contributed by atoms with Crippen molar-refractivity contribution >= 4 is 5.82 Å². The number of methoxy groups -OCH3 is 2. The van der Waals surface area contributed by atoms with E-state index in [1.165, 1.54) is 25.7 Å². The Balaban J connectivity index is 1.48. The van der Waals surface area contributed by atoms with Crippen molar-refractivity contribution in [1.29, 1.82) is 0 Å². The van der Waals surface area contributed by atoms with Gasteiger partial charge in [0.25, 0.3) is 0 Å². The van der Waals surface area contributed by atoms with Crippen molar-refractivity contribution in [2.75, 3.05) is 65.1 Å². The molecule has 0 aromatic carbocycles. The fraction of sp³-hybridized carbons (Fsp3) is 0.800. The number of fused-ring (bicyclic) bond motifs is 1. The number of hydrogen-bond donors (Lipinski definition) is 0. The van der Waals surface area contributed by atoms with E-state index in [4.69, 9.17) is 14.2 Å². The predicted octanol–water partition coefficient (Wildman–Crippen LogP) is 1.83. The molecule has 1 saturated carbocycles. The zero-order valence-corrected chi connectivity index (χ0v) is 16.6. The second kappa shape index (κ2) is 8.29. The van der Waals surface area contributed by atoms with Crippen LogP contribution in [0.4, 0.5) is 5.82 Å². The Morgan fingerprint density at radius 3 is 2.81 bits per heavy atom. The number of rotatable bonds is 5. The first-order valence-corrected chi connectivity index (χ1v) is 10.2. The molecule has 0 N–H and O–H groups in total. The molecular formula is C20H32N4O3. The van der Waals surface area contributed by atoms with Gasteiger partial charge in [-0.2, -0.15) is 0 Å². The number of ether oxygens (including phenoxy) is 3. The van der Waals surface area contributed by atoms with Gasteiger partial charge >= 0.3 is 0 Å². The van der Waals surface area contributed by atoms with Crippen LogP contribution in [0.5, 0.6) is 5.88 Å². The molecule has 0 unspecified atom stereocenters. The second-order valence-electron chi connectivity index (χ2n) is 8.20. The van der Waals surface area contributed by atoms with E-state index in [0.717, 1.165) is 51.8 Å². The number of piperidine rings is 1. The first-order valence-electron chi connectivity index (χ1n) is 10.2. The molecule has 3 aliphatic rings. The monoisotopic (exact) mass is 376 g/mol. The molecule has 7 heteroatoms. The highest BCUT2D eigenvalue weighted by atomic mass is 16.5. The van der Waals surface area contributed by atoms with E-state index in [0.29, 0.717) is 17.8 Å². The quantitative estimate of drug-likeness (QED) is 0.777. The Labute approximate surface area is 162 Å². The van der Waals surface area contributed by atoms with Gasteiger partial charge in [0.15, 0.2) is 0 Å². The molecule has 2 saturated heterocycles. The molecule has 27 heavy (non-hydrogen) atoms. The molecule has 2 aliphatic heterocycles. The highest BCUT2D eigenvalue weighted by Crippen LogP contribution is 2.48. The molecule has 7 nitrogen and oxygen atoms in total. The molecule has 0 spiro atoms. The lowest BCUT2D eigenvalue weighted by molar-refractivity contribution is -0.0540. The zero-order valence-electron chi connectivity index (χ0n) is 16.6. The SMILES string of the molecule is COC[C@]12CC[C@H](N3CCOCC3)C[C@@H]1CCN(c1cc(OC)ncn1)C2. The van der Waals surface area contributed by atoms with E-state index in [1.807, 2.05) is 13.2 Å². The van der Waals surface area contributed by atoms with Crippen molar-refractivity contribution in [2.24, 2.45) is 11.3 Å². The fourth-order valence-electron chi connectivity index (χ4n) is 5.36. The highest BCUT2D eigenvalue weighted by Gasteiger charge is 2.48. The van der Waals surface area contributed by atoms with Gasteiger partial charge in [-0.3, -0.25) is 4.90 Å². The molecule has 1 aromatic rings. The molecule has 1 aromatic heterocycles. The van der Waals surface area contributed by atoms with Gasteiger partial charge in [-0.15, -0.1) is 0 Å². The molecular weight excluding hydrogens is 344 g/mol. The van der Waals surface area contributed by atoms with Gasteiger partial charge in [0.1, 0.15) is 12.1 Å². The Hall–Kier alpha value is -1.44. The van der Waals surface area contributed by atoms with E-state index in [-0.39, 0.29) is 5.41 Å². The molecule has 4 rings (SSSR count). The summed E-state index contributed by atoms with van der Waals surface area (Å²) in [4.78, 5) is 13.7. The summed E-state index contributed by atoms with van der Waals surface area (Å²) in [7, 11) is 3.49. The van der Waals surface area contributed by atoms with Crippen LogP contribution in [-0.2, 0) is 9.47 Å². The average Bonchev–Trinajstić information content (AvgIpc) is 2.74. The van der Waals surface area contributed by atoms with E-state index in [9.17, 15) is 0 Å². The number of nitrogens with zero attached hydrogens (tertiary/aromatic N) is 4. The lowest BCUT2D eigenvalue weighted by Gasteiger charge is -2.54. The van der Waals surface area contributed by atoms with Crippen LogP contribution in [0.2, 0.25) is 0 Å². The summed E-state index contributed by atoms with van der Waals surface area (Å²) in [6, 6.07) is 2.65. The summed E-state index contributed by atoms with van der Waals surface area (Å²) in [5.74, 6) is 2.30. The average molecular weight is 377 g/mol. The normalized spacial score (nSPS) is 32.1. The van der Waals surface area contributed by atoms with Crippen molar-refractivity contribution in [2.45, 2.75) is 31.7 Å². The summed E-state index contributed by atoms with van der Waals surface area (Å²) >= 11 is 0. The Bertz CT molecular complexity index is 625. The van der Waals surface area contributed by atoms with Crippen LogP contribution >= 0.6 is 0 Å². The standard InChI is InChI=1S/C20H32N4O3/c1-25-14-20-5-3-17(23-7-9-27-10-8-23)11-16(20)4-6-24(13-20)18-12-19(26-2)22-15-21-18/h12,15-17H,3-11,13-14H2,1-2H3/t16-,17-,20+/m0/s1. The molecule has 0 bridgehead atoms. The third-order valence-electron chi connectivity index (χ3n) is 6.81. The van der Waals surface area contributed by atoms with Crippen molar-refractivity contribution < 1.29 is 14.2 Å². The smallest absolute Gasteiger partial charge is 0.218 e. The summed E-state index contributed by atoms with van der Waals surface area (Å²) in [6.07, 6.45) is 6.53. The van der Waals surface area contributed by atoms with Gasteiger partial charge in [-0.05, 0) is 31.6 Å². The van der Waals surface area contributed by atoms with Crippen LogP contribution in [0, 0.1) is 11.3 Å². The first-order chi connectivity index (χ1) is 13.2. The van der Waals surface area contributed by atoms with Crippen LogP contribution < -0.4 is 9.64 Å². The minimum Gasteiger partial charge on any atom is -0.481 e. The third-order valence-corrected chi connectivity index (χ3v) is 6.81. The lowest BCUT2D eigenvalue weighted by atomic mass is 9.62. The number of anilines is 1. The Morgan fingerprint density at radius 2 is 2.04 bits per heavy atom. The van der Waals surface area contributed by atoms with Crippen LogP contribution in [0.15, 0.2) is 12.4 Å². The van der Waals surface area contributed by atoms with Gasteiger partial charge in [-0.25, -0.2) is 9.97 Å². The Kier molecular flexibility index (Phi) is 5.80. The molecule has 1 aliphatic carbocycles. The van der Waals surface area contributed by atoms with Crippen LogP contribution in [0.3, 0.4) is 0 Å². The van der Waals surface area contributed by atoms with Gasteiger partial charge in [0, 0.05) is 50.8 Å². The van der Waals surface area contributed by atoms with Crippen LogP contribution in [0.25, 0.3) is 0 Å². The van der Waals surface area contributed by atoms with Gasteiger partial charge in [0.2, 0.25) is 5.88 Å². The zero-order chi connectivity index (χ0) is 18.7. The molecule has 0 radical (unpaired) electrons. The molecule has 150 valence electrons. The molecule has 3 heterocycles. The topological polar surface area (TPSA) is 60.0 Å². The number of aromatic nitrogens is 2. The maximum absolute atomic E-state index is 5.73. The summed E-state index contributed by atoms with van der Waals surface area (Å²) in [5.41, 5.74) is 0.216. The minimum absolute atomic E-state index is 0.216. The van der Waals surface area contributed by atoms with Crippen LogP contribution in [0.1, 0.15) is 25.7 Å². The van der Waals surface area contributed by atoms with Gasteiger partial charge in [-0.1, -0.05) is 0 Å². The van der Waals surface area contributed by atoms with E-state index in [2.05, 4.69) is 19.8 Å². The van der Waals surface area contributed by atoms with Crippen molar-refractivity contribution in [3.8, 4) is 5.88 Å². The minimum atomic E-state index is 0.216. The van der Waals surface area contributed by atoms with Crippen LogP contribution in [-0.4, -0.2) is 81.1 Å². The maximum Gasteiger partial charge on any atom is 0.218 e. The Morgan fingerprint density at radius 1 is 1.19 bits per heavy atom. The predicted molar refractivity (Wildman–Crippen MR) is 103 cm³/mol. The molecule has 3 atom stereocenters. The summed E-state index contributed by atoms with van der Waals surface area (Å²) < 4.78 is 16.6. The van der Waals surface area contributed by atoms with Crippen molar-refractivity contribution in [3.05, 3.63) is 12.4 Å². The lowest BCUT2D eigenvalue weighted by Crippen LogP contribution is -2.57. The van der Waals surface area contributed by atoms with Gasteiger partial charge in [0.05, 0.1) is 26.9 Å². The van der Waals surface area contributed by atoms with E-state index in [1.54, 1.807) is 13.4 Å². The van der Waals surface area contributed by atoms with Gasteiger partial charge < -0.3 is 19.1 Å². The first kappa shape index (κ1) is 18.9. The second-order valence-corrected chi connectivity index (χ2v) is 8.20. The molecule has 3 fully saturated rings.